The molecule has 0 saturated carbocycles. The van der Waals surface area contributed by atoms with E-state index >= 15 is 0 Å². The molecule has 0 radical (unpaired) electrons. The van der Waals surface area contributed by atoms with Gasteiger partial charge in [0.05, 0.1) is 13.7 Å². The molecule has 2 aromatic heterocycles. The summed E-state index contributed by atoms with van der Waals surface area (Å²) >= 11 is 6.06. The van der Waals surface area contributed by atoms with Gasteiger partial charge in [0.1, 0.15) is 17.8 Å². The molecule has 0 saturated heterocycles. The van der Waals surface area contributed by atoms with Crippen molar-refractivity contribution < 1.29 is 4.74 Å². The minimum atomic E-state index is 0.307. The summed E-state index contributed by atoms with van der Waals surface area (Å²) < 4.78 is 6.88. The Morgan fingerprint density at radius 2 is 1.86 bits per heavy atom. The fourth-order valence-corrected chi connectivity index (χ4v) is 2.13. The quantitative estimate of drug-likeness (QED) is 0.740. The number of hydrogen-bond donors (Lipinski definition) is 0. The van der Waals surface area contributed by atoms with Gasteiger partial charge in [0.25, 0.3) is 0 Å². The van der Waals surface area contributed by atoms with Crippen molar-refractivity contribution in [2.24, 2.45) is 0 Å². The van der Waals surface area contributed by atoms with Crippen molar-refractivity contribution in [2.75, 3.05) is 7.11 Å². The molecule has 0 bridgehead atoms. The first-order chi connectivity index (χ1) is 10.3. The van der Waals surface area contributed by atoms with E-state index in [4.69, 9.17) is 16.3 Å². The van der Waals surface area contributed by atoms with Gasteiger partial charge in [-0.25, -0.2) is 19.6 Å². The third-order valence-electron chi connectivity index (χ3n) is 2.97. The van der Waals surface area contributed by atoms with Crippen LogP contribution in [0, 0.1) is 0 Å². The van der Waals surface area contributed by atoms with Crippen LogP contribution in [0.3, 0.4) is 0 Å². The van der Waals surface area contributed by atoms with Gasteiger partial charge in [0.15, 0.2) is 11.0 Å². The molecule has 1 aromatic carbocycles. The van der Waals surface area contributed by atoms with Crippen LogP contribution in [0.5, 0.6) is 5.75 Å². The summed E-state index contributed by atoms with van der Waals surface area (Å²) in [6.45, 7) is 0.562. The predicted octanol–water partition coefficient (Wildman–Crippen LogP) is 2.45. The Labute approximate surface area is 126 Å². The zero-order valence-electron chi connectivity index (χ0n) is 11.3. The number of methoxy groups -OCH3 is 1. The number of aromatic nitrogens is 5. The molecule has 0 spiro atoms. The maximum absolute atomic E-state index is 6.06. The number of nitrogens with zero attached hydrogens (tertiary/aromatic N) is 5. The van der Waals surface area contributed by atoms with Crippen molar-refractivity contribution in [3.05, 3.63) is 53.7 Å². The molecular formula is C14H12ClN5O. The second kappa shape index (κ2) is 5.88. The summed E-state index contributed by atoms with van der Waals surface area (Å²) in [5.74, 6) is 1.40. The van der Waals surface area contributed by atoms with Crippen LogP contribution in [0.1, 0.15) is 5.56 Å². The first kappa shape index (κ1) is 13.5. The van der Waals surface area contributed by atoms with Crippen LogP contribution in [0.25, 0.3) is 11.5 Å². The highest BCUT2D eigenvalue weighted by atomic mass is 35.5. The summed E-state index contributed by atoms with van der Waals surface area (Å²) in [6.07, 6.45) is 4.59. The molecule has 0 aliphatic rings. The Kier molecular flexibility index (Phi) is 3.79. The summed E-state index contributed by atoms with van der Waals surface area (Å²) in [7, 11) is 1.64. The van der Waals surface area contributed by atoms with E-state index in [1.165, 1.54) is 12.5 Å². The normalized spacial score (nSPS) is 10.6. The van der Waals surface area contributed by atoms with Crippen molar-refractivity contribution in [1.29, 1.82) is 0 Å². The third-order valence-corrected chi connectivity index (χ3v) is 3.25. The minimum absolute atomic E-state index is 0.307. The van der Waals surface area contributed by atoms with Crippen LogP contribution in [0.4, 0.5) is 0 Å². The molecule has 0 aliphatic heterocycles. The smallest absolute Gasteiger partial charge is 0.180 e. The fraction of sp³-hybridized carbons (Fsp3) is 0.143. The van der Waals surface area contributed by atoms with Crippen LogP contribution in [0.15, 0.2) is 43.0 Å². The van der Waals surface area contributed by atoms with Crippen molar-refractivity contribution in [3.8, 4) is 17.3 Å². The van der Waals surface area contributed by atoms with Crippen LogP contribution >= 0.6 is 11.6 Å². The van der Waals surface area contributed by atoms with Crippen LogP contribution in [-0.4, -0.2) is 31.8 Å². The van der Waals surface area contributed by atoms with Gasteiger partial charge in [0.2, 0.25) is 0 Å². The zero-order valence-corrected chi connectivity index (χ0v) is 12.0. The molecule has 0 unspecified atom stereocenters. The van der Waals surface area contributed by atoms with E-state index < -0.39 is 0 Å². The van der Waals surface area contributed by atoms with Crippen molar-refractivity contribution >= 4 is 11.6 Å². The van der Waals surface area contributed by atoms with Gasteiger partial charge in [0, 0.05) is 12.4 Å². The van der Waals surface area contributed by atoms with Gasteiger partial charge in [-0.05, 0) is 17.7 Å². The van der Waals surface area contributed by atoms with Crippen LogP contribution < -0.4 is 4.74 Å². The summed E-state index contributed by atoms with van der Waals surface area (Å²) in [5, 5.41) is 4.53. The molecule has 0 amide bonds. The molecule has 7 heteroatoms. The molecule has 3 aromatic rings. The van der Waals surface area contributed by atoms with Gasteiger partial charge >= 0.3 is 0 Å². The molecule has 106 valence electrons. The lowest BCUT2D eigenvalue weighted by Gasteiger charge is -2.07. The molecule has 2 heterocycles. The molecular weight excluding hydrogens is 290 g/mol. The summed E-state index contributed by atoms with van der Waals surface area (Å²) in [6, 6.07) is 7.76. The van der Waals surface area contributed by atoms with Gasteiger partial charge in [-0.1, -0.05) is 23.7 Å². The second-order valence-corrected chi connectivity index (χ2v) is 4.64. The molecule has 0 N–H and O–H groups in total. The monoisotopic (exact) mass is 301 g/mol. The molecule has 21 heavy (non-hydrogen) atoms. The van der Waals surface area contributed by atoms with E-state index in [9.17, 15) is 0 Å². The molecule has 0 atom stereocenters. The average molecular weight is 302 g/mol. The Hall–Kier alpha value is -2.47. The number of rotatable bonds is 4. The number of benzene rings is 1. The molecule has 6 nitrogen and oxygen atoms in total. The number of halogens is 1. The highest BCUT2D eigenvalue weighted by Crippen LogP contribution is 2.21. The van der Waals surface area contributed by atoms with E-state index in [0.717, 1.165) is 11.3 Å². The summed E-state index contributed by atoms with van der Waals surface area (Å²) in [5.41, 5.74) is 1.59. The maximum Gasteiger partial charge on any atom is 0.180 e. The highest BCUT2D eigenvalue weighted by molar-refractivity contribution is 6.31. The summed E-state index contributed by atoms with van der Waals surface area (Å²) in [4.78, 5) is 12.4. The van der Waals surface area contributed by atoms with Crippen molar-refractivity contribution in [1.82, 2.24) is 24.7 Å². The Bertz CT molecular complexity index is 741. The Morgan fingerprint density at radius 1 is 1.10 bits per heavy atom. The van der Waals surface area contributed by atoms with Gasteiger partial charge in [-0.15, -0.1) is 0 Å². The van der Waals surface area contributed by atoms with Gasteiger partial charge in [-0.2, -0.15) is 5.10 Å². The predicted molar refractivity (Wildman–Crippen MR) is 78.2 cm³/mol. The van der Waals surface area contributed by atoms with Gasteiger partial charge in [-0.3, -0.25) is 0 Å². The fourth-order valence-electron chi connectivity index (χ4n) is 1.94. The SMILES string of the molecule is COc1ccc(Cn2ncnc2-c2nccnc2Cl)cc1. The first-order valence-corrected chi connectivity index (χ1v) is 6.63. The average Bonchev–Trinajstić information content (AvgIpc) is 2.96. The van der Waals surface area contributed by atoms with Crippen molar-refractivity contribution in [3.63, 3.8) is 0 Å². The largest absolute Gasteiger partial charge is 0.497 e. The maximum atomic E-state index is 6.06. The van der Waals surface area contributed by atoms with E-state index in [0.29, 0.717) is 23.2 Å². The van der Waals surface area contributed by atoms with Crippen LogP contribution in [0.2, 0.25) is 5.15 Å². The standard InChI is InChI=1S/C14H12ClN5O/c1-21-11-4-2-10(3-5-11)8-20-14(18-9-19-20)12-13(15)17-7-6-16-12/h2-7,9H,8H2,1H3. The van der Waals surface area contributed by atoms with Crippen LogP contribution in [-0.2, 0) is 6.54 Å². The van der Waals surface area contributed by atoms with E-state index in [-0.39, 0.29) is 0 Å². The van der Waals surface area contributed by atoms with E-state index in [2.05, 4.69) is 20.1 Å². The second-order valence-electron chi connectivity index (χ2n) is 4.29. The lowest BCUT2D eigenvalue weighted by Crippen LogP contribution is -2.05. The molecule has 0 aliphatic carbocycles. The van der Waals surface area contributed by atoms with Crippen molar-refractivity contribution in [2.45, 2.75) is 6.54 Å². The van der Waals surface area contributed by atoms with Gasteiger partial charge < -0.3 is 4.74 Å². The zero-order chi connectivity index (χ0) is 14.7. The Balaban J connectivity index is 1.90. The minimum Gasteiger partial charge on any atom is -0.497 e. The lowest BCUT2D eigenvalue weighted by molar-refractivity contribution is 0.414. The number of ether oxygens (including phenoxy) is 1. The first-order valence-electron chi connectivity index (χ1n) is 6.25. The highest BCUT2D eigenvalue weighted by Gasteiger charge is 2.13. The third kappa shape index (κ3) is 2.85. The molecule has 0 fully saturated rings. The topological polar surface area (TPSA) is 65.7 Å². The van der Waals surface area contributed by atoms with E-state index in [1.807, 2.05) is 24.3 Å². The Morgan fingerprint density at radius 3 is 2.57 bits per heavy atom. The molecule has 3 rings (SSSR count). The number of hydrogen-bond acceptors (Lipinski definition) is 5. The van der Waals surface area contributed by atoms with E-state index in [1.54, 1.807) is 18.0 Å². The lowest BCUT2D eigenvalue weighted by atomic mass is 10.2.